The van der Waals surface area contributed by atoms with E-state index in [9.17, 15) is 19.2 Å². The van der Waals surface area contributed by atoms with E-state index in [1.165, 1.54) is 0 Å². The second-order valence-corrected chi connectivity index (χ2v) is 4.59. The molecule has 0 radical (unpaired) electrons. The van der Waals surface area contributed by atoms with Crippen molar-refractivity contribution in [3.63, 3.8) is 0 Å². The average molecular weight is 291 g/mol. The SMILES string of the molecule is CCOC(=O)CCC(=O)[13CH2][15N]1C(=O)c2ccccc2C1=O. The van der Waals surface area contributed by atoms with E-state index in [1.807, 2.05) is 0 Å². The van der Waals surface area contributed by atoms with Crippen molar-refractivity contribution in [2.45, 2.75) is 19.8 Å². The van der Waals surface area contributed by atoms with Crippen LogP contribution in [0, 0.1) is 0 Å². The monoisotopic (exact) mass is 291 g/mol. The molecule has 0 aromatic heterocycles. The smallest absolute Gasteiger partial charge is 0.306 e. The minimum Gasteiger partial charge on any atom is -0.466 e. The lowest BCUT2D eigenvalue weighted by Crippen LogP contribution is -2.35. The van der Waals surface area contributed by atoms with Crippen LogP contribution in [0.2, 0.25) is 0 Å². The maximum absolute atomic E-state index is 12.0. The molecule has 0 unspecified atom stereocenters. The molecule has 0 N–H and O–H groups in total. The van der Waals surface area contributed by atoms with Crippen molar-refractivity contribution >= 4 is 23.6 Å². The highest BCUT2D eigenvalue weighted by Gasteiger charge is 2.35. The molecule has 21 heavy (non-hydrogen) atoms. The molecule has 1 aromatic rings. The summed E-state index contributed by atoms with van der Waals surface area (Å²) >= 11 is 0. The molecule has 1 aliphatic rings. The second kappa shape index (κ2) is 6.30. The van der Waals surface area contributed by atoms with Crippen molar-refractivity contribution in [2.75, 3.05) is 13.2 Å². The fourth-order valence-electron chi connectivity index (χ4n) is 2.11. The number of ketones is 1. The van der Waals surface area contributed by atoms with Crippen molar-refractivity contribution < 1.29 is 23.9 Å². The maximum atomic E-state index is 12.0. The highest BCUT2D eigenvalue weighted by Crippen LogP contribution is 2.22. The zero-order chi connectivity index (χ0) is 15.4. The molecule has 0 aliphatic carbocycles. The Bertz CT molecular complexity index is 573. The fourth-order valence-corrected chi connectivity index (χ4v) is 2.11. The van der Waals surface area contributed by atoms with Crippen molar-refractivity contribution in [2.24, 2.45) is 0 Å². The molecule has 1 aromatic carbocycles. The Balaban J connectivity index is 1.96. The molecular formula is C15H15NO5. The molecule has 6 heteroatoms. The van der Waals surface area contributed by atoms with Gasteiger partial charge in [-0.2, -0.15) is 0 Å². The minimum atomic E-state index is -0.472. The average Bonchev–Trinajstić information content (AvgIpc) is 2.71. The van der Waals surface area contributed by atoms with Gasteiger partial charge < -0.3 is 4.74 Å². The minimum absolute atomic E-state index is 0.0458. The van der Waals surface area contributed by atoms with Crippen LogP contribution in [0.15, 0.2) is 24.3 Å². The van der Waals surface area contributed by atoms with Gasteiger partial charge in [-0.3, -0.25) is 24.1 Å². The third-order valence-corrected chi connectivity index (χ3v) is 3.13. The summed E-state index contributed by atoms with van der Waals surface area (Å²) in [6, 6.07) is 6.43. The number of fused-ring (bicyclic) bond motifs is 1. The van der Waals surface area contributed by atoms with E-state index in [4.69, 9.17) is 4.74 Å². The summed E-state index contributed by atoms with van der Waals surface area (Å²) in [5.41, 5.74) is 0.612. The molecule has 6 nitrogen and oxygen atoms in total. The lowest BCUT2D eigenvalue weighted by molar-refractivity contribution is -0.144. The summed E-state index contributed by atoms with van der Waals surface area (Å²) < 4.78 is 4.72. The molecule has 1 heterocycles. The highest BCUT2D eigenvalue weighted by molar-refractivity contribution is 6.22. The Hall–Kier alpha value is -2.50. The van der Waals surface area contributed by atoms with Crippen LogP contribution in [0.25, 0.3) is 0 Å². The summed E-state index contributed by atoms with van der Waals surface area (Å²) in [6.45, 7) is 1.62. The van der Waals surface area contributed by atoms with Gasteiger partial charge in [0.1, 0.15) is 0 Å². The molecule has 0 fully saturated rings. The van der Waals surface area contributed by atoms with Crippen LogP contribution in [0.3, 0.4) is 0 Å². The van der Waals surface area contributed by atoms with E-state index in [2.05, 4.69) is 0 Å². The molecule has 110 valence electrons. The molecule has 2 amide bonds. The zero-order valence-corrected chi connectivity index (χ0v) is 11.6. The van der Waals surface area contributed by atoms with Crippen LogP contribution in [-0.2, 0) is 14.3 Å². The largest absolute Gasteiger partial charge is 0.466 e. The molecule has 0 saturated heterocycles. The molecule has 0 atom stereocenters. The van der Waals surface area contributed by atoms with Gasteiger partial charge in [0.25, 0.3) is 11.8 Å². The quantitative estimate of drug-likeness (QED) is 0.340. The number of rotatable bonds is 6. The summed E-state index contributed by atoms with van der Waals surface area (Å²) in [5.74, 6) is -1.76. The van der Waals surface area contributed by atoms with Crippen molar-refractivity contribution in [1.29, 1.82) is 0 Å². The summed E-state index contributed by atoms with van der Waals surface area (Å²) in [6.07, 6.45) is -0.0952. The maximum Gasteiger partial charge on any atom is 0.306 e. The molecule has 0 spiro atoms. The number of amides is 2. The van der Waals surface area contributed by atoms with Gasteiger partial charge in [0, 0.05) is 6.42 Å². The molecule has 1 aliphatic heterocycles. The first-order valence-corrected chi connectivity index (χ1v) is 6.67. The lowest BCUT2D eigenvalue weighted by atomic mass is 10.1. The second-order valence-electron chi connectivity index (χ2n) is 4.59. The predicted octanol–water partition coefficient (Wildman–Crippen LogP) is 1.19. The van der Waals surface area contributed by atoms with Crippen LogP contribution in [-0.4, -0.2) is 41.6 Å². The van der Waals surface area contributed by atoms with Crippen molar-refractivity contribution in [1.82, 2.24) is 4.90 Å². The summed E-state index contributed by atoms with van der Waals surface area (Å²) in [7, 11) is 0. The van der Waals surface area contributed by atoms with Gasteiger partial charge in [-0.15, -0.1) is 0 Å². The number of esters is 1. The zero-order valence-electron chi connectivity index (χ0n) is 11.6. The number of carbonyl (C=O) groups excluding carboxylic acids is 4. The van der Waals surface area contributed by atoms with Crippen LogP contribution < -0.4 is 0 Å². The van der Waals surface area contributed by atoms with Gasteiger partial charge >= 0.3 is 5.97 Å². The Morgan fingerprint density at radius 1 is 1.05 bits per heavy atom. The number of imide groups is 1. The first-order valence-electron chi connectivity index (χ1n) is 6.67. The molecule has 0 saturated carbocycles. The van der Waals surface area contributed by atoms with Crippen LogP contribution in [0.1, 0.15) is 40.5 Å². The van der Waals surface area contributed by atoms with E-state index < -0.39 is 17.8 Å². The highest BCUT2D eigenvalue weighted by atomic mass is 16.5. The molecular weight excluding hydrogens is 276 g/mol. The standard InChI is InChI=1S/C15H15NO5/c1-2-21-13(18)8-7-10(17)9-16-14(19)11-5-3-4-6-12(11)15(16)20/h3-6H,2,7-9H2,1H3/i9+1,16+1. The number of Topliss-reactive ketones (excluding diaryl/α,β-unsaturated/α-hetero) is 1. The van der Waals surface area contributed by atoms with E-state index in [1.54, 1.807) is 31.2 Å². The van der Waals surface area contributed by atoms with Gasteiger partial charge in [0.05, 0.1) is 30.7 Å². The Morgan fingerprint density at radius 2 is 1.62 bits per heavy atom. The van der Waals surface area contributed by atoms with E-state index in [-0.39, 0.29) is 31.8 Å². The van der Waals surface area contributed by atoms with Crippen LogP contribution in [0.4, 0.5) is 0 Å². The van der Waals surface area contributed by atoms with E-state index in [0.29, 0.717) is 11.1 Å². The third-order valence-electron chi connectivity index (χ3n) is 3.13. The topological polar surface area (TPSA) is 80.8 Å². The van der Waals surface area contributed by atoms with Gasteiger partial charge in [-0.25, -0.2) is 0 Å². The van der Waals surface area contributed by atoms with E-state index >= 15 is 0 Å². The predicted molar refractivity (Wildman–Crippen MR) is 72.7 cm³/mol. The summed E-state index contributed by atoms with van der Waals surface area (Å²) in [4.78, 5) is 48.0. The van der Waals surface area contributed by atoms with Gasteiger partial charge in [0.15, 0.2) is 5.78 Å². The molecule has 0 bridgehead atoms. The Labute approximate surface area is 121 Å². The van der Waals surface area contributed by atoms with Gasteiger partial charge in [0.2, 0.25) is 0 Å². The van der Waals surface area contributed by atoms with Crippen molar-refractivity contribution in [3.05, 3.63) is 35.4 Å². The van der Waals surface area contributed by atoms with Gasteiger partial charge in [-0.1, -0.05) is 12.1 Å². The van der Waals surface area contributed by atoms with E-state index in [0.717, 1.165) is 4.90 Å². The number of carbonyl (C=O) groups is 4. The van der Waals surface area contributed by atoms with Crippen molar-refractivity contribution in [3.8, 4) is 0 Å². The number of hydrogen-bond acceptors (Lipinski definition) is 5. The number of benzene rings is 1. The van der Waals surface area contributed by atoms with Gasteiger partial charge in [-0.05, 0) is 19.1 Å². The Morgan fingerprint density at radius 3 is 2.14 bits per heavy atom. The first-order chi connectivity index (χ1) is 10.0. The van der Waals surface area contributed by atoms with Crippen LogP contribution in [0.5, 0.6) is 0 Å². The lowest BCUT2D eigenvalue weighted by Gasteiger charge is -2.12. The summed E-state index contributed by atoms with van der Waals surface area (Å²) in [5, 5.41) is 0. The number of hydrogen-bond donors (Lipinski definition) is 0. The third kappa shape index (κ3) is 3.16. The normalized spacial score (nSPS) is 13.3. The van der Waals surface area contributed by atoms with Crippen LogP contribution >= 0.6 is 0 Å². The first kappa shape index (κ1) is 14.9. The number of ether oxygens (including phenoxy) is 1. The molecule has 2 rings (SSSR count). The number of nitrogens with zero attached hydrogens (tertiary/aromatic N) is 1. The Kier molecular flexibility index (Phi) is 4.47. The fraction of sp³-hybridized carbons (Fsp3) is 0.333.